The van der Waals surface area contributed by atoms with Crippen LogP contribution in [0.1, 0.15) is 30.5 Å². The zero-order chi connectivity index (χ0) is 9.14. The number of aryl methyl sites for hydroxylation is 1. The van der Waals surface area contributed by atoms with Crippen molar-refractivity contribution in [2.45, 2.75) is 26.3 Å². The maximum Gasteiger partial charge on any atom is 0.108 e. The van der Waals surface area contributed by atoms with Crippen LogP contribution in [0.3, 0.4) is 0 Å². The van der Waals surface area contributed by atoms with E-state index in [-0.39, 0.29) is 6.04 Å². The highest BCUT2D eigenvalue weighted by molar-refractivity contribution is 9.10. The largest absolute Gasteiger partial charge is 0.324 e. The monoisotopic (exact) mass is 228 g/mol. The number of pyridine rings is 1. The number of halogens is 1. The lowest BCUT2D eigenvalue weighted by molar-refractivity contribution is 0.694. The first kappa shape index (κ1) is 9.68. The number of nitrogens with two attached hydrogens (primary N) is 1. The van der Waals surface area contributed by atoms with Crippen LogP contribution in [0.15, 0.2) is 16.9 Å². The van der Waals surface area contributed by atoms with Gasteiger partial charge in [-0.15, -0.1) is 0 Å². The third kappa shape index (κ3) is 2.05. The molecular weight excluding hydrogens is 216 g/mol. The second-order valence-electron chi connectivity index (χ2n) is 2.89. The van der Waals surface area contributed by atoms with Crippen LogP contribution in [0, 0.1) is 6.92 Å². The molecule has 0 spiro atoms. The van der Waals surface area contributed by atoms with Crippen LogP contribution in [0.5, 0.6) is 0 Å². The van der Waals surface area contributed by atoms with Gasteiger partial charge in [0, 0.05) is 12.2 Å². The molecule has 0 radical (unpaired) electrons. The summed E-state index contributed by atoms with van der Waals surface area (Å²) < 4.78 is 0.898. The molecule has 1 aromatic rings. The van der Waals surface area contributed by atoms with Crippen LogP contribution in [0.25, 0.3) is 0 Å². The fourth-order valence-corrected chi connectivity index (χ4v) is 1.24. The Morgan fingerprint density at radius 3 is 2.83 bits per heavy atom. The lowest BCUT2D eigenvalue weighted by Gasteiger charge is -2.09. The summed E-state index contributed by atoms with van der Waals surface area (Å²) in [4.78, 5) is 4.18. The normalized spacial score (nSPS) is 13.0. The molecule has 0 amide bonds. The Bertz CT molecular complexity index is 273. The second kappa shape index (κ2) is 4.01. The van der Waals surface area contributed by atoms with Gasteiger partial charge >= 0.3 is 0 Å². The van der Waals surface area contributed by atoms with Crippen molar-refractivity contribution in [3.05, 3.63) is 28.0 Å². The van der Waals surface area contributed by atoms with Crippen LogP contribution >= 0.6 is 15.9 Å². The summed E-state index contributed by atoms with van der Waals surface area (Å²) in [6, 6.07) is 2.19. The Balaban J connectivity index is 2.96. The Hall–Kier alpha value is -0.410. The van der Waals surface area contributed by atoms with E-state index in [0.29, 0.717) is 0 Å². The minimum atomic E-state index is 0.115. The summed E-state index contributed by atoms with van der Waals surface area (Å²) in [6.07, 6.45) is 2.77. The van der Waals surface area contributed by atoms with E-state index < -0.39 is 0 Å². The Morgan fingerprint density at radius 2 is 2.33 bits per heavy atom. The molecular formula is C9H13BrN2. The predicted octanol–water partition coefficient (Wildman–Crippen LogP) is 2.56. The summed E-state index contributed by atoms with van der Waals surface area (Å²) in [5.41, 5.74) is 8.10. The van der Waals surface area contributed by atoms with Crippen molar-refractivity contribution in [1.82, 2.24) is 4.98 Å². The van der Waals surface area contributed by atoms with E-state index in [1.54, 1.807) is 0 Å². The van der Waals surface area contributed by atoms with Crippen molar-refractivity contribution in [2.75, 3.05) is 0 Å². The summed E-state index contributed by atoms with van der Waals surface area (Å²) in [5, 5.41) is 0. The van der Waals surface area contributed by atoms with Crippen molar-refractivity contribution >= 4 is 15.9 Å². The van der Waals surface area contributed by atoms with E-state index in [9.17, 15) is 0 Å². The Morgan fingerprint density at radius 1 is 1.67 bits per heavy atom. The number of hydrogen-bond donors (Lipinski definition) is 1. The zero-order valence-electron chi connectivity index (χ0n) is 7.34. The quantitative estimate of drug-likeness (QED) is 0.791. The van der Waals surface area contributed by atoms with E-state index in [4.69, 9.17) is 5.73 Å². The van der Waals surface area contributed by atoms with Crippen LogP contribution < -0.4 is 5.73 Å². The van der Waals surface area contributed by atoms with Gasteiger partial charge in [0.2, 0.25) is 0 Å². The van der Waals surface area contributed by atoms with Gasteiger partial charge in [-0.1, -0.05) is 13.0 Å². The van der Waals surface area contributed by atoms with Crippen molar-refractivity contribution in [3.63, 3.8) is 0 Å². The molecule has 0 unspecified atom stereocenters. The van der Waals surface area contributed by atoms with E-state index in [1.165, 1.54) is 0 Å². The van der Waals surface area contributed by atoms with Crippen LogP contribution in [0.2, 0.25) is 0 Å². The lowest BCUT2D eigenvalue weighted by atomic mass is 10.1. The first-order valence-electron chi connectivity index (χ1n) is 4.02. The molecule has 1 atom stereocenters. The molecule has 2 N–H and O–H groups in total. The van der Waals surface area contributed by atoms with Gasteiger partial charge < -0.3 is 5.73 Å². The molecule has 1 aromatic heterocycles. The highest BCUT2D eigenvalue weighted by Crippen LogP contribution is 2.18. The van der Waals surface area contributed by atoms with Crippen molar-refractivity contribution in [3.8, 4) is 0 Å². The minimum absolute atomic E-state index is 0.115. The Kier molecular flexibility index (Phi) is 3.23. The number of nitrogens with zero attached hydrogens (tertiary/aromatic N) is 1. The maximum atomic E-state index is 5.86. The highest BCUT2D eigenvalue weighted by Gasteiger charge is 2.04. The van der Waals surface area contributed by atoms with Crippen LogP contribution in [-0.4, -0.2) is 4.98 Å². The molecule has 0 saturated heterocycles. The zero-order valence-corrected chi connectivity index (χ0v) is 8.93. The predicted molar refractivity (Wildman–Crippen MR) is 53.9 cm³/mol. The van der Waals surface area contributed by atoms with Gasteiger partial charge in [0.05, 0.1) is 0 Å². The molecule has 0 aromatic carbocycles. The summed E-state index contributed by atoms with van der Waals surface area (Å²) in [5.74, 6) is 0. The fraction of sp³-hybridized carbons (Fsp3) is 0.444. The van der Waals surface area contributed by atoms with Gasteiger partial charge in [-0.25, -0.2) is 4.98 Å². The molecule has 0 aliphatic heterocycles. The van der Waals surface area contributed by atoms with Crippen molar-refractivity contribution < 1.29 is 0 Å². The van der Waals surface area contributed by atoms with Gasteiger partial charge in [0.1, 0.15) is 4.60 Å². The molecule has 12 heavy (non-hydrogen) atoms. The van der Waals surface area contributed by atoms with Gasteiger partial charge in [0.25, 0.3) is 0 Å². The van der Waals surface area contributed by atoms with E-state index >= 15 is 0 Å². The summed E-state index contributed by atoms with van der Waals surface area (Å²) in [7, 11) is 0. The summed E-state index contributed by atoms with van der Waals surface area (Å²) >= 11 is 3.35. The third-order valence-corrected chi connectivity index (χ3v) is 2.73. The standard InChI is InChI=1S/C9H13BrN2/c1-3-8(11)7-4-6(2)9(10)12-5-7/h4-5,8H,3,11H2,1-2H3/t8-/m0/s1. The minimum Gasteiger partial charge on any atom is -0.324 e. The molecule has 0 fully saturated rings. The molecule has 66 valence electrons. The number of hydrogen-bond acceptors (Lipinski definition) is 2. The third-order valence-electron chi connectivity index (χ3n) is 1.90. The topological polar surface area (TPSA) is 38.9 Å². The van der Waals surface area contributed by atoms with Crippen LogP contribution in [-0.2, 0) is 0 Å². The first-order valence-corrected chi connectivity index (χ1v) is 4.82. The highest BCUT2D eigenvalue weighted by atomic mass is 79.9. The van der Waals surface area contributed by atoms with Gasteiger partial charge in [0.15, 0.2) is 0 Å². The first-order chi connectivity index (χ1) is 5.65. The number of rotatable bonds is 2. The molecule has 0 aliphatic rings. The van der Waals surface area contributed by atoms with Gasteiger partial charge in [-0.3, -0.25) is 0 Å². The smallest absolute Gasteiger partial charge is 0.108 e. The Labute approximate surface area is 81.3 Å². The SMILES string of the molecule is CC[C@H](N)c1cnc(Br)c(C)c1. The van der Waals surface area contributed by atoms with Crippen molar-refractivity contribution in [2.24, 2.45) is 5.73 Å². The average molecular weight is 229 g/mol. The average Bonchev–Trinajstić information content (AvgIpc) is 2.08. The fourth-order valence-electron chi connectivity index (χ4n) is 1.02. The van der Waals surface area contributed by atoms with Gasteiger partial charge in [-0.2, -0.15) is 0 Å². The summed E-state index contributed by atoms with van der Waals surface area (Å²) in [6.45, 7) is 4.09. The molecule has 3 heteroatoms. The van der Waals surface area contributed by atoms with E-state index in [1.807, 2.05) is 13.1 Å². The molecule has 0 bridgehead atoms. The molecule has 1 heterocycles. The van der Waals surface area contributed by atoms with E-state index in [2.05, 4.69) is 33.9 Å². The molecule has 0 aliphatic carbocycles. The number of aromatic nitrogens is 1. The van der Waals surface area contributed by atoms with Crippen molar-refractivity contribution in [1.29, 1.82) is 0 Å². The molecule has 2 nitrogen and oxygen atoms in total. The molecule has 0 saturated carbocycles. The van der Waals surface area contributed by atoms with E-state index in [0.717, 1.165) is 22.2 Å². The molecule has 1 rings (SSSR count). The lowest BCUT2D eigenvalue weighted by Crippen LogP contribution is -2.09. The van der Waals surface area contributed by atoms with Crippen LogP contribution in [0.4, 0.5) is 0 Å². The maximum absolute atomic E-state index is 5.86. The van der Waals surface area contributed by atoms with Gasteiger partial charge in [-0.05, 0) is 40.4 Å². The second-order valence-corrected chi connectivity index (χ2v) is 3.64.